The summed E-state index contributed by atoms with van der Waals surface area (Å²) in [5, 5.41) is 14.4. The van der Waals surface area contributed by atoms with Crippen molar-refractivity contribution in [3.05, 3.63) is 169 Å². The fourth-order valence-corrected chi connectivity index (χ4v) is 9.79. The number of allylic oxidation sites excluding steroid dienone is 5. The largest absolute Gasteiger partial charge is 0.352 e. The van der Waals surface area contributed by atoms with Crippen molar-refractivity contribution in [1.29, 1.82) is 0 Å². The van der Waals surface area contributed by atoms with Gasteiger partial charge in [0.1, 0.15) is 0 Å². The van der Waals surface area contributed by atoms with E-state index in [1.165, 1.54) is 81.8 Å². The van der Waals surface area contributed by atoms with Crippen LogP contribution in [-0.2, 0) is 0 Å². The summed E-state index contributed by atoms with van der Waals surface area (Å²) >= 11 is 0. The number of nitrogens with one attached hydrogen (secondary N) is 1. The second kappa shape index (κ2) is 10.6. The Hall–Kier alpha value is -6.39. The van der Waals surface area contributed by atoms with E-state index in [1.807, 2.05) is 0 Å². The van der Waals surface area contributed by atoms with Crippen LogP contribution in [0, 0.1) is 11.8 Å². The van der Waals surface area contributed by atoms with Gasteiger partial charge in [-0.3, -0.25) is 4.57 Å². The molecule has 0 amide bonds. The van der Waals surface area contributed by atoms with Crippen molar-refractivity contribution in [1.82, 2.24) is 14.3 Å². The first kappa shape index (κ1) is 28.3. The van der Waals surface area contributed by atoms with Crippen molar-refractivity contribution in [2.45, 2.75) is 18.5 Å². The van der Waals surface area contributed by atoms with E-state index in [9.17, 15) is 0 Å². The van der Waals surface area contributed by atoms with Gasteiger partial charge < -0.3 is 9.72 Å². The predicted octanol–water partition coefficient (Wildman–Crippen LogP) is 11.0. The number of fused-ring (bicyclic) bond motifs is 13. The van der Waals surface area contributed by atoms with Crippen LogP contribution in [0.15, 0.2) is 169 Å². The van der Waals surface area contributed by atoms with Crippen LogP contribution in [0.2, 0.25) is 0 Å². The van der Waals surface area contributed by atoms with Gasteiger partial charge in [-0.25, -0.2) is 4.99 Å². The molecule has 52 heavy (non-hydrogen) atoms. The van der Waals surface area contributed by atoms with Gasteiger partial charge in [-0.2, -0.15) is 0 Å². The Kier molecular flexibility index (Phi) is 5.75. The molecular formula is C48H34N4. The van der Waals surface area contributed by atoms with Gasteiger partial charge >= 0.3 is 0 Å². The summed E-state index contributed by atoms with van der Waals surface area (Å²) in [7, 11) is 0. The van der Waals surface area contributed by atoms with Gasteiger partial charge in [0.05, 0.1) is 33.6 Å². The van der Waals surface area contributed by atoms with Crippen LogP contribution in [0.3, 0.4) is 0 Å². The van der Waals surface area contributed by atoms with Crippen LogP contribution in [0.4, 0.5) is 0 Å². The highest BCUT2D eigenvalue weighted by Crippen LogP contribution is 2.44. The van der Waals surface area contributed by atoms with Crippen molar-refractivity contribution < 1.29 is 0 Å². The van der Waals surface area contributed by atoms with E-state index in [0.717, 1.165) is 12.4 Å². The molecule has 3 aromatic heterocycles. The van der Waals surface area contributed by atoms with E-state index in [0.29, 0.717) is 5.92 Å². The van der Waals surface area contributed by atoms with Crippen LogP contribution in [0.1, 0.15) is 12.0 Å². The number of para-hydroxylation sites is 3. The molecule has 6 aromatic carbocycles. The van der Waals surface area contributed by atoms with Gasteiger partial charge in [-0.05, 0) is 52.6 Å². The third-order valence-electron chi connectivity index (χ3n) is 12.1. The summed E-state index contributed by atoms with van der Waals surface area (Å²) in [6.07, 6.45) is 17.1. The second-order valence-electron chi connectivity index (χ2n) is 14.7. The van der Waals surface area contributed by atoms with E-state index in [4.69, 9.17) is 4.99 Å². The van der Waals surface area contributed by atoms with Gasteiger partial charge in [0.25, 0.3) is 0 Å². The van der Waals surface area contributed by atoms with Gasteiger partial charge in [0.15, 0.2) is 0 Å². The molecule has 0 saturated heterocycles. The number of hydrogen-bond donors (Lipinski definition) is 1. The lowest BCUT2D eigenvalue weighted by atomic mass is 9.77. The highest BCUT2D eigenvalue weighted by atomic mass is 15.3. The van der Waals surface area contributed by atoms with Crippen LogP contribution in [-0.4, -0.2) is 27.0 Å². The first-order chi connectivity index (χ1) is 25.8. The minimum atomic E-state index is 0.0733. The summed E-state index contributed by atoms with van der Waals surface area (Å²) < 4.78 is 4.87. The van der Waals surface area contributed by atoms with Crippen LogP contribution >= 0.6 is 0 Å². The molecule has 0 saturated carbocycles. The molecule has 4 heterocycles. The summed E-state index contributed by atoms with van der Waals surface area (Å²) in [5.74, 6) is 1.55. The van der Waals surface area contributed by atoms with E-state index in [2.05, 4.69) is 178 Å². The van der Waals surface area contributed by atoms with Crippen molar-refractivity contribution in [2.75, 3.05) is 0 Å². The quantitative estimate of drug-likeness (QED) is 0.196. The monoisotopic (exact) mass is 666 g/mol. The maximum Gasteiger partial charge on any atom is 0.204 e. The molecule has 4 unspecified atom stereocenters. The molecule has 1 N–H and O–H groups in total. The third kappa shape index (κ3) is 3.79. The Morgan fingerprint density at radius 1 is 0.558 bits per heavy atom. The maximum absolute atomic E-state index is 5.45. The van der Waals surface area contributed by atoms with Crippen LogP contribution < -0.4 is 5.32 Å². The normalized spacial score (nSPS) is 21.5. The number of hydrogen-bond acceptors (Lipinski definition) is 2. The minimum Gasteiger partial charge on any atom is -0.352 e. The van der Waals surface area contributed by atoms with Gasteiger partial charge in [0.2, 0.25) is 5.96 Å². The first-order valence-electron chi connectivity index (χ1n) is 18.5. The number of aliphatic imine (C=N–C) groups is 1. The molecule has 0 radical (unpaired) electrons. The lowest BCUT2D eigenvalue weighted by Gasteiger charge is -2.40. The molecule has 246 valence electrons. The van der Waals surface area contributed by atoms with Gasteiger partial charge in [-0.15, -0.1) is 0 Å². The Morgan fingerprint density at radius 3 is 2.12 bits per heavy atom. The van der Waals surface area contributed by atoms with Crippen molar-refractivity contribution in [3.8, 4) is 0 Å². The molecule has 0 spiro atoms. The molecule has 3 aliphatic rings. The molecule has 2 aliphatic carbocycles. The Bertz CT molecular complexity index is 3090. The highest BCUT2D eigenvalue weighted by molar-refractivity contribution is 6.33. The fourth-order valence-electron chi connectivity index (χ4n) is 9.79. The summed E-state index contributed by atoms with van der Waals surface area (Å²) in [4.78, 5) is 5.45. The van der Waals surface area contributed by atoms with Gasteiger partial charge in [0, 0.05) is 50.2 Å². The molecular weight excluding hydrogens is 633 g/mol. The molecule has 0 bridgehead atoms. The Balaban J connectivity index is 1.04. The van der Waals surface area contributed by atoms with Crippen molar-refractivity contribution in [2.24, 2.45) is 16.8 Å². The lowest BCUT2D eigenvalue weighted by molar-refractivity contribution is 0.328. The molecule has 4 atom stereocenters. The molecule has 12 rings (SSSR count). The standard InChI is InChI=1S/C48H34N4/c1-2-11-29(12-3-1)30-21-23-31(24-22-30)46-36-14-4-7-18-39(36)49-48(50-46)52-41-20-9-6-15-37(41)44-33-25-27-42-45(34(33)26-28-43(44)52)38-17-10-16-35-32-13-5-8-19-40(32)51(42)47(35)38/h1-23,25-28,31,36,39,46H,24H2,(H,49,50). The number of aromatic nitrogens is 2. The average molecular weight is 667 g/mol. The topological polar surface area (TPSA) is 33.7 Å². The zero-order valence-electron chi connectivity index (χ0n) is 28.4. The van der Waals surface area contributed by atoms with Gasteiger partial charge in [-0.1, -0.05) is 140 Å². The van der Waals surface area contributed by atoms with E-state index >= 15 is 0 Å². The zero-order valence-corrected chi connectivity index (χ0v) is 28.4. The van der Waals surface area contributed by atoms with Crippen LogP contribution in [0.25, 0.3) is 76.2 Å². The minimum absolute atomic E-state index is 0.0733. The summed E-state index contributed by atoms with van der Waals surface area (Å²) in [5.41, 5.74) is 8.77. The molecule has 0 fully saturated rings. The SMILES string of the molecule is C1=CC2N=C(n3c4ccccc4c4c5ccc6c(c5ccc43)c3cccc4c5ccccc5n6c43)NC(C3C=CC(c4ccccc4)=CC3)C2C=C1. The van der Waals surface area contributed by atoms with Crippen molar-refractivity contribution in [3.63, 3.8) is 0 Å². The Labute approximate surface area is 300 Å². The van der Waals surface area contributed by atoms with Crippen LogP contribution in [0.5, 0.6) is 0 Å². The predicted molar refractivity (Wildman–Crippen MR) is 219 cm³/mol. The first-order valence-corrected chi connectivity index (χ1v) is 18.5. The number of nitrogens with zero attached hydrogens (tertiary/aromatic N) is 3. The fraction of sp³-hybridized carbons (Fsp3) is 0.104. The molecule has 1 aliphatic heterocycles. The molecule has 4 nitrogen and oxygen atoms in total. The van der Waals surface area contributed by atoms with E-state index in [-0.39, 0.29) is 18.0 Å². The zero-order chi connectivity index (χ0) is 33.9. The molecule has 9 aromatic rings. The van der Waals surface area contributed by atoms with E-state index in [1.54, 1.807) is 0 Å². The summed E-state index contributed by atoms with van der Waals surface area (Å²) in [6, 6.07) is 44.8. The number of rotatable bonds is 2. The molecule has 4 heteroatoms. The third-order valence-corrected chi connectivity index (χ3v) is 12.1. The summed E-state index contributed by atoms with van der Waals surface area (Å²) in [6.45, 7) is 0. The number of benzene rings is 6. The average Bonchev–Trinajstić information content (AvgIpc) is 3.86. The highest BCUT2D eigenvalue weighted by Gasteiger charge is 2.38. The van der Waals surface area contributed by atoms with E-state index < -0.39 is 0 Å². The maximum atomic E-state index is 5.45. The van der Waals surface area contributed by atoms with Crippen molar-refractivity contribution >= 4 is 82.2 Å². The second-order valence-corrected chi connectivity index (χ2v) is 14.7. The lowest BCUT2D eigenvalue weighted by Crippen LogP contribution is -2.54. The smallest absolute Gasteiger partial charge is 0.204 e. The Morgan fingerprint density at radius 2 is 1.27 bits per heavy atom.